The van der Waals surface area contributed by atoms with Crippen molar-refractivity contribution in [3.05, 3.63) is 35.9 Å². The monoisotopic (exact) mass is 233 g/mol. The van der Waals surface area contributed by atoms with E-state index in [1.54, 1.807) is 0 Å². The van der Waals surface area contributed by atoms with Crippen LogP contribution in [0.15, 0.2) is 30.3 Å². The third-order valence-corrected chi connectivity index (χ3v) is 3.83. The molecule has 0 bridgehead atoms. The summed E-state index contributed by atoms with van der Waals surface area (Å²) in [6.45, 7) is 1.39. The van der Waals surface area contributed by atoms with Crippen molar-refractivity contribution in [2.24, 2.45) is 0 Å². The molecule has 2 heteroatoms. The average molecular weight is 233 g/mol. The molecule has 1 fully saturated rings. The summed E-state index contributed by atoms with van der Waals surface area (Å²) in [7, 11) is 0. The molecule has 0 unspecified atom stereocenters. The van der Waals surface area contributed by atoms with Crippen LogP contribution in [0.1, 0.15) is 44.1 Å². The molecule has 1 aliphatic rings. The highest BCUT2D eigenvalue weighted by Crippen LogP contribution is 2.41. The Hall–Kier alpha value is -0.860. The fraction of sp³-hybridized carbons (Fsp3) is 0.600. The van der Waals surface area contributed by atoms with Gasteiger partial charge < -0.3 is 10.4 Å². The van der Waals surface area contributed by atoms with Gasteiger partial charge in [0.15, 0.2) is 0 Å². The van der Waals surface area contributed by atoms with Crippen LogP contribution in [0, 0.1) is 0 Å². The first-order valence-electron chi connectivity index (χ1n) is 6.79. The minimum Gasteiger partial charge on any atom is -0.396 e. The smallest absolute Gasteiger partial charge is 0.0434 e. The lowest BCUT2D eigenvalue weighted by Crippen LogP contribution is -2.48. The first-order valence-corrected chi connectivity index (χ1v) is 6.79. The molecule has 0 heterocycles. The van der Waals surface area contributed by atoms with E-state index >= 15 is 0 Å². The van der Waals surface area contributed by atoms with E-state index in [-0.39, 0.29) is 5.54 Å². The highest BCUT2D eigenvalue weighted by Gasteiger charge is 2.37. The molecule has 2 nitrogen and oxygen atoms in total. The van der Waals surface area contributed by atoms with Crippen LogP contribution in [0.5, 0.6) is 0 Å². The Bertz CT molecular complexity index is 319. The molecule has 1 aromatic carbocycles. The van der Waals surface area contributed by atoms with Crippen LogP contribution >= 0.6 is 0 Å². The van der Waals surface area contributed by atoms with Crippen molar-refractivity contribution in [2.75, 3.05) is 13.2 Å². The first-order chi connectivity index (χ1) is 8.37. The minimum absolute atomic E-state index is 0.250. The van der Waals surface area contributed by atoms with Gasteiger partial charge in [-0.15, -0.1) is 0 Å². The van der Waals surface area contributed by atoms with Crippen molar-refractivity contribution in [3.63, 3.8) is 0 Å². The summed E-state index contributed by atoms with van der Waals surface area (Å²) in [5.41, 5.74) is 1.69. The molecular formula is C15H23NO. The summed E-state index contributed by atoms with van der Waals surface area (Å²) < 4.78 is 0. The highest BCUT2D eigenvalue weighted by molar-refractivity contribution is 5.26. The van der Waals surface area contributed by atoms with Gasteiger partial charge in [0.05, 0.1) is 0 Å². The summed E-state index contributed by atoms with van der Waals surface area (Å²) in [5.74, 6) is 0. The molecule has 0 aromatic heterocycles. The highest BCUT2D eigenvalue weighted by atomic mass is 16.2. The van der Waals surface area contributed by atoms with Crippen molar-refractivity contribution >= 4 is 0 Å². The standard InChI is InChI=1S/C15H23NO/c17-13-6-2-5-12-16-15(10-7-11-15)14-8-3-1-4-9-14/h1,3-4,8-9,16-17H,2,5-7,10-13H2. The number of nitrogens with one attached hydrogen (secondary N) is 1. The van der Waals surface area contributed by atoms with Crippen LogP contribution in [0.4, 0.5) is 0 Å². The topological polar surface area (TPSA) is 32.3 Å². The molecule has 0 radical (unpaired) electrons. The lowest BCUT2D eigenvalue weighted by Gasteiger charge is -2.43. The molecule has 0 aliphatic heterocycles. The zero-order chi connectivity index (χ0) is 12.0. The maximum absolute atomic E-state index is 8.74. The Morgan fingerprint density at radius 2 is 1.82 bits per heavy atom. The molecule has 1 saturated carbocycles. The van der Waals surface area contributed by atoms with E-state index < -0.39 is 0 Å². The normalized spacial score (nSPS) is 17.7. The molecule has 1 aliphatic carbocycles. The number of rotatable bonds is 7. The number of aliphatic hydroxyl groups is 1. The van der Waals surface area contributed by atoms with Gasteiger partial charge in [0.2, 0.25) is 0 Å². The number of hydrogen-bond acceptors (Lipinski definition) is 2. The Balaban J connectivity index is 1.84. The van der Waals surface area contributed by atoms with Gasteiger partial charge in [0.25, 0.3) is 0 Å². The number of aliphatic hydroxyl groups excluding tert-OH is 1. The van der Waals surface area contributed by atoms with E-state index in [0.717, 1.165) is 25.8 Å². The van der Waals surface area contributed by atoms with Gasteiger partial charge >= 0.3 is 0 Å². The van der Waals surface area contributed by atoms with E-state index in [1.165, 1.54) is 24.8 Å². The van der Waals surface area contributed by atoms with Gasteiger partial charge in [-0.3, -0.25) is 0 Å². The average Bonchev–Trinajstić information content (AvgIpc) is 2.33. The molecule has 94 valence electrons. The molecule has 17 heavy (non-hydrogen) atoms. The minimum atomic E-state index is 0.250. The molecule has 0 saturated heterocycles. The number of benzene rings is 1. The van der Waals surface area contributed by atoms with E-state index in [4.69, 9.17) is 5.11 Å². The van der Waals surface area contributed by atoms with Crippen molar-refractivity contribution in [1.29, 1.82) is 0 Å². The maximum Gasteiger partial charge on any atom is 0.0434 e. The van der Waals surface area contributed by atoms with E-state index in [1.807, 2.05) is 0 Å². The summed E-state index contributed by atoms with van der Waals surface area (Å²) >= 11 is 0. The van der Waals surface area contributed by atoms with Crippen LogP contribution in [0.25, 0.3) is 0 Å². The molecule has 0 atom stereocenters. The Kier molecular flexibility index (Phi) is 4.57. The summed E-state index contributed by atoms with van der Waals surface area (Å²) in [6.07, 6.45) is 7.07. The van der Waals surface area contributed by atoms with E-state index in [2.05, 4.69) is 35.6 Å². The van der Waals surface area contributed by atoms with Gasteiger partial charge in [-0.05, 0) is 50.6 Å². The molecule has 1 aromatic rings. The van der Waals surface area contributed by atoms with E-state index in [0.29, 0.717) is 6.61 Å². The maximum atomic E-state index is 8.74. The summed E-state index contributed by atoms with van der Waals surface area (Å²) in [5, 5.41) is 12.5. The van der Waals surface area contributed by atoms with Crippen LogP contribution < -0.4 is 5.32 Å². The second-order valence-electron chi connectivity index (χ2n) is 5.01. The Labute approximate surface area is 104 Å². The summed E-state index contributed by atoms with van der Waals surface area (Å²) in [4.78, 5) is 0. The van der Waals surface area contributed by atoms with Crippen LogP contribution in [-0.2, 0) is 5.54 Å². The van der Waals surface area contributed by atoms with Crippen LogP contribution in [0.2, 0.25) is 0 Å². The second-order valence-corrected chi connectivity index (χ2v) is 5.01. The van der Waals surface area contributed by atoms with Crippen molar-refractivity contribution in [2.45, 2.75) is 44.1 Å². The van der Waals surface area contributed by atoms with Gasteiger partial charge in [-0.25, -0.2) is 0 Å². The van der Waals surface area contributed by atoms with E-state index in [9.17, 15) is 0 Å². The van der Waals surface area contributed by atoms with Crippen molar-refractivity contribution in [3.8, 4) is 0 Å². The van der Waals surface area contributed by atoms with Crippen LogP contribution in [0.3, 0.4) is 0 Å². The number of unbranched alkanes of at least 4 members (excludes halogenated alkanes) is 2. The molecule has 2 rings (SSSR count). The van der Waals surface area contributed by atoms with Crippen LogP contribution in [-0.4, -0.2) is 18.3 Å². The second kappa shape index (κ2) is 6.18. The van der Waals surface area contributed by atoms with Crippen molar-refractivity contribution < 1.29 is 5.11 Å². The quantitative estimate of drug-likeness (QED) is 0.710. The fourth-order valence-electron chi connectivity index (χ4n) is 2.60. The predicted molar refractivity (Wildman–Crippen MR) is 70.9 cm³/mol. The first kappa shape index (κ1) is 12.6. The third-order valence-electron chi connectivity index (χ3n) is 3.83. The lowest BCUT2D eigenvalue weighted by molar-refractivity contribution is 0.184. The van der Waals surface area contributed by atoms with Gasteiger partial charge in [0, 0.05) is 12.1 Å². The molecule has 2 N–H and O–H groups in total. The van der Waals surface area contributed by atoms with Crippen molar-refractivity contribution in [1.82, 2.24) is 5.32 Å². The summed E-state index contributed by atoms with van der Waals surface area (Å²) in [6, 6.07) is 10.8. The Morgan fingerprint density at radius 1 is 1.06 bits per heavy atom. The van der Waals surface area contributed by atoms with Gasteiger partial charge in [-0.1, -0.05) is 30.3 Å². The molecule has 0 amide bonds. The SMILES string of the molecule is OCCCCCNC1(c2ccccc2)CCC1. The lowest BCUT2D eigenvalue weighted by atomic mass is 9.72. The predicted octanol–water partition coefficient (Wildman–Crippen LogP) is 2.82. The Morgan fingerprint density at radius 3 is 2.41 bits per heavy atom. The zero-order valence-electron chi connectivity index (χ0n) is 10.5. The van der Waals surface area contributed by atoms with Gasteiger partial charge in [-0.2, -0.15) is 0 Å². The zero-order valence-corrected chi connectivity index (χ0v) is 10.5. The fourth-order valence-corrected chi connectivity index (χ4v) is 2.60. The third kappa shape index (κ3) is 3.08. The number of hydrogen-bond donors (Lipinski definition) is 2. The molecule has 0 spiro atoms. The van der Waals surface area contributed by atoms with Gasteiger partial charge in [0.1, 0.15) is 0 Å². The molecular weight excluding hydrogens is 210 g/mol. The largest absolute Gasteiger partial charge is 0.396 e.